The third-order valence-electron chi connectivity index (χ3n) is 8.43. The van der Waals surface area contributed by atoms with Crippen LogP contribution < -0.4 is 0 Å². The monoisotopic (exact) mass is 716 g/mol. The topological polar surface area (TPSA) is 55.4 Å². The van der Waals surface area contributed by atoms with Crippen LogP contribution in [0.1, 0.15) is 20.8 Å². The summed E-state index contributed by atoms with van der Waals surface area (Å²) in [4.78, 5) is 0. The Morgan fingerprint density at radius 2 is 1.02 bits per heavy atom. The van der Waals surface area contributed by atoms with Crippen LogP contribution >= 0.6 is 0 Å². The predicted molar refractivity (Wildman–Crippen MR) is 199 cm³/mol. The van der Waals surface area contributed by atoms with E-state index in [1.165, 1.54) is 6.04 Å². The van der Waals surface area contributed by atoms with E-state index < -0.39 is 76.1 Å². The average Bonchev–Trinajstić information content (AvgIpc) is 2.80. The number of rotatable bonds is 16. The van der Waals surface area contributed by atoms with Crippen molar-refractivity contribution in [3.8, 4) is 0 Å². The Balaban J connectivity index is 0.00000742. The van der Waals surface area contributed by atoms with Crippen LogP contribution in [-0.4, -0.2) is 76.1 Å². The lowest BCUT2D eigenvalue weighted by molar-refractivity contribution is 0.231. The Hall–Kier alpha value is 1.45. The van der Waals surface area contributed by atoms with Gasteiger partial charge in [-0.2, -0.15) is 0 Å². The van der Waals surface area contributed by atoms with Gasteiger partial charge in [-0.25, -0.2) is 0 Å². The van der Waals surface area contributed by atoms with Gasteiger partial charge in [0, 0.05) is 0 Å². The van der Waals surface area contributed by atoms with E-state index in [0.717, 1.165) is 36.3 Å². The molecule has 3 unspecified atom stereocenters. The van der Waals surface area contributed by atoms with Gasteiger partial charge >= 0.3 is 25.2 Å². The molecule has 0 aliphatic carbocycles. The van der Waals surface area contributed by atoms with Crippen molar-refractivity contribution < 1.29 is 24.7 Å². The molecule has 0 aromatic heterocycles. The van der Waals surface area contributed by atoms with E-state index in [4.69, 9.17) is 24.7 Å². The fourth-order valence-electron chi connectivity index (χ4n) is 4.89. The van der Waals surface area contributed by atoms with Crippen LogP contribution in [0.2, 0.25) is 127 Å². The zero-order chi connectivity index (χ0) is 31.9. The summed E-state index contributed by atoms with van der Waals surface area (Å²) in [6.07, 6.45) is 0. The molecule has 0 bridgehead atoms. The second-order valence-corrected chi connectivity index (χ2v) is 54.6. The van der Waals surface area contributed by atoms with E-state index in [0.29, 0.717) is 0 Å². The minimum atomic E-state index is -2.60. The Kier molecular flexibility index (Phi) is 16.2. The lowest BCUT2D eigenvalue weighted by Gasteiger charge is -2.55. The Labute approximate surface area is 260 Å². The molecule has 0 saturated carbocycles. The van der Waals surface area contributed by atoms with Gasteiger partial charge in [-0.05, 0) is 127 Å². The fourth-order valence-corrected chi connectivity index (χ4v) is 57.6. The zero-order valence-electron chi connectivity index (χ0n) is 29.5. The molecule has 15 heteroatoms. The summed E-state index contributed by atoms with van der Waals surface area (Å²) in [7, 11) is -17.0. The van der Waals surface area contributed by atoms with Crippen molar-refractivity contribution in [2.24, 2.45) is 0 Å². The highest BCUT2D eigenvalue weighted by atomic mass is 29.3. The van der Waals surface area contributed by atoms with Crippen molar-refractivity contribution in [3.63, 3.8) is 0 Å². The van der Waals surface area contributed by atoms with Crippen LogP contribution in [-0.2, 0) is 24.7 Å². The van der Waals surface area contributed by atoms with Crippen molar-refractivity contribution in [2.75, 3.05) is 0 Å². The van der Waals surface area contributed by atoms with Gasteiger partial charge in [0.05, 0.1) is 0 Å². The van der Waals surface area contributed by atoms with Crippen molar-refractivity contribution in [1.29, 1.82) is 0 Å². The van der Waals surface area contributed by atoms with Gasteiger partial charge in [0.15, 0.2) is 33.3 Å². The van der Waals surface area contributed by atoms with Gasteiger partial charge in [-0.1, -0.05) is 20.8 Å². The van der Waals surface area contributed by atoms with Crippen LogP contribution in [0.25, 0.3) is 0 Å². The van der Waals surface area contributed by atoms with Crippen LogP contribution in [0.4, 0.5) is 0 Å². The molecule has 1 rings (SSSR count). The standard InChI is InChI=1S/C23H64O6Si9.C2H4/c1-17-31(4,5)24-30-20-21-36(14)27-37(15,23-22-34(10,11)25-32(6,7)18-2)29-38(16,28-36)35(12,13)26-33(8,9)19-3;1-2/h17-23,30H2,1-16H3;1-2H2. The highest BCUT2D eigenvalue weighted by molar-refractivity contribution is 7.37. The third-order valence-corrected chi connectivity index (χ3v) is 53.4. The van der Waals surface area contributed by atoms with E-state index in [2.05, 4.69) is 119 Å². The maximum Gasteiger partial charge on any atom is 0.327 e. The summed E-state index contributed by atoms with van der Waals surface area (Å²) in [5.74, 6) is 0. The van der Waals surface area contributed by atoms with Gasteiger partial charge < -0.3 is 24.7 Å². The lowest BCUT2D eigenvalue weighted by Crippen LogP contribution is -2.77. The second kappa shape index (κ2) is 15.6. The first kappa shape index (κ1) is 41.5. The SMILES string of the molecule is C=C.CC[Si](C)(C)O[SiH2]CC[Si]1(C)O[Si](C)(CC[Si](C)(C)O[Si](C)(C)CC)O[Si](C)([Si](C)(C)O[Si](C)(C)CC)O1. The average molecular weight is 718 g/mol. The minimum Gasteiger partial charge on any atom is -0.460 e. The Morgan fingerprint density at radius 3 is 1.48 bits per heavy atom. The molecule has 6 nitrogen and oxygen atoms in total. The molecule has 3 atom stereocenters. The molecular weight excluding hydrogens is 649 g/mol. The maximum atomic E-state index is 7.23. The van der Waals surface area contributed by atoms with Gasteiger partial charge in [0.1, 0.15) is 9.76 Å². The third kappa shape index (κ3) is 13.6. The predicted octanol–water partition coefficient (Wildman–Crippen LogP) is 8.78. The van der Waals surface area contributed by atoms with Crippen molar-refractivity contribution >= 4 is 76.1 Å². The minimum absolute atomic E-state index is 0.575. The number of hydrogen-bond donors (Lipinski definition) is 0. The van der Waals surface area contributed by atoms with E-state index in [1.807, 2.05) is 0 Å². The Bertz CT molecular complexity index is 786. The molecule has 240 valence electrons. The van der Waals surface area contributed by atoms with Gasteiger partial charge in [0.2, 0.25) is 7.83 Å². The van der Waals surface area contributed by atoms with Crippen LogP contribution in [0.5, 0.6) is 0 Å². The largest absolute Gasteiger partial charge is 0.460 e. The zero-order valence-corrected chi connectivity index (χ0v) is 38.9. The second-order valence-electron chi connectivity index (χ2n) is 14.8. The van der Waals surface area contributed by atoms with E-state index in [1.54, 1.807) is 0 Å². The summed E-state index contributed by atoms with van der Waals surface area (Å²) in [6.45, 7) is 43.4. The van der Waals surface area contributed by atoms with Crippen LogP contribution in [0.15, 0.2) is 13.2 Å². The molecule has 0 spiro atoms. The summed E-state index contributed by atoms with van der Waals surface area (Å²) in [5, 5.41) is 0. The molecule has 0 radical (unpaired) electrons. The first-order valence-electron chi connectivity index (χ1n) is 15.5. The van der Waals surface area contributed by atoms with Crippen molar-refractivity contribution in [3.05, 3.63) is 13.2 Å². The summed E-state index contributed by atoms with van der Waals surface area (Å²) in [6, 6.07) is 7.69. The number of hydrogen-bond acceptors (Lipinski definition) is 6. The first-order valence-corrected chi connectivity index (χ1v) is 40.8. The molecule has 1 fully saturated rings. The molecule has 0 amide bonds. The molecule has 1 saturated heterocycles. The smallest absolute Gasteiger partial charge is 0.327 e. The molecule has 0 aromatic rings. The summed E-state index contributed by atoms with van der Waals surface area (Å²) >= 11 is 0. The summed E-state index contributed by atoms with van der Waals surface area (Å²) in [5.41, 5.74) is 0. The lowest BCUT2D eigenvalue weighted by atomic mass is 10.9. The van der Waals surface area contributed by atoms with Crippen molar-refractivity contribution in [2.45, 2.75) is 148 Å². The normalized spacial score (nSPS) is 27.1. The molecule has 1 heterocycles. The highest BCUT2D eigenvalue weighted by Gasteiger charge is 2.64. The van der Waals surface area contributed by atoms with E-state index in [-0.39, 0.29) is 0 Å². The summed E-state index contributed by atoms with van der Waals surface area (Å²) < 4.78 is 41.9. The van der Waals surface area contributed by atoms with Gasteiger partial charge in [0.25, 0.3) is 0 Å². The Morgan fingerprint density at radius 1 is 0.600 bits per heavy atom. The molecule has 1 aliphatic heterocycles. The van der Waals surface area contributed by atoms with E-state index >= 15 is 0 Å². The highest BCUT2D eigenvalue weighted by Crippen LogP contribution is 2.42. The molecule has 40 heavy (non-hydrogen) atoms. The fraction of sp³-hybridized carbons (Fsp3) is 0.920. The molecule has 0 aromatic carbocycles. The van der Waals surface area contributed by atoms with Gasteiger partial charge in [-0.15, -0.1) is 13.2 Å². The first-order chi connectivity index (χ1) is 17.9. The maximum absolute atomic E-state index is 7.23. The molecule has 0 N–H and O–H groups in total. The van der Waals surface area contributed by atoms with Crippen LogP contribution in [0.3, 0.4) is 0 Å². The van der Waals surface area contributed by atoms with Crippen molar-refractivity contribution in [1.82, 2.24) is 0 Å². The van der Waals surface area contributed by atoms with E-state index in [9.17, 15) is 0 Å². The molecular formula is C25H68O6Si9. The quantitative estimate of drug-likeness (QED) is 0.0905. The van der Waals surface area contributed by atoms with Crippen LogP contribution in [0, 0.1) is 0 Å². The molecule has 1 aliphatic rings. The van der Waals surface area contributed by atoms with Gasteiger partial charge in [-0.3, -0.25) is 0 Å².